The Labute approximate surface area is 103 Å². The molecule has 0 aliphatic heterocycles. The van der Waals surface area contributed by atoms with E-state index in [2.05, 4.69) is 15.0 Å². The molecule has 92 valence electrons. The Morgan fingerprint density at radius 3 is 2.44 bits per heavy atom. The summed E-state index contributed by atoms with van der Waals surface area (Å²) in [6, 6.07) is 9.35. The molecule has 2 rings (SSSR count). The number of amidine groups is 1. The van der Waals surface area contributed by atoms with Crippen molar-refractivity contribution < 1.29 is 4.42 Å². The molecule has 0 radical (unpaired) electrons. The minimum absolute atomic E-state index is 0.0367. The highest BCUT2D eigenvalue weighted by Crippen LogP contribution is 2.17. The van der Waals surface area contributed by atoms with E-state index in [1.807, 2.05) is 30.3 Å². The predicted octanol–water partition coefficient (Wildman–Crippen LogP) is 0.617. The van der Waals surface area contributed by atoms with E-state index in [4.69, 9.17) is 21.6 Å². The van der Waals surface area contributed by atoms with Gasteiger partial charge in [0, 0.05) is 5.56 Å². The summed E-state index contributed by atoms with van der Waals surface area (Å²) in [4.78, 5) is 11.7. The number of nitrogens with zero attached hydrogens (tertiary/aromatic N) is 3. The summed E-state index contributed by atoms with van der Waals surface area (Å²) in [6.45, 7) is 0. The largest absolute Gasteiger partial charge is 0.428 e. The van der Waals surface area contributed by atoms with E-state index in [1.165, 1.54) is 6.26 Å². The average molecular weight is 244 g/mol. The molecule has 0 bridgehead atoms. The molecule has 0 atom stereocenters. The normalized spacial score (nSPS) is 11.2. The zero-order chi connectivity index (χ0) is 13.0. The summed E-state index contributed by atoms with van der Waals surface area (Å²) >= 11 is 0. The van der Waals surface area contributed by atoms with Crippen LogP contribution in [0.5, 0.6) is 0 Å². The number of oxazole rings is 1. The fraction of sp³-hybridized carbons (Fsp3) is 0. The van der Waals surface area contributed by atoms with Crippen molar-refractivity contribution in [1.82, 2.24) is 4.98 Å². The predicted molar refractivity (Wildman–Crippen MR) is 68.8 cm³/mol. The molecule has 1 aromatic heterocycles. The van der Waals surface area contributed by atoms with Gasteiger partial charge in [-0.2, -0.15) is 9.98 Å². The lowest BCUT2D eigenvalue weighted by Gasteiger charge is -1.97. The first-order chi connectivity index (χ1) is 8.65. The van der Waals surface area contributed by atoms with Crippen molar-refractivity contribution in [2.45, 2.75) is 0 Å². The maximum Gasteiger partial charge on any atom is 0.326 e. The zero-order valence-corrected chi connectivity index (χ0v) is 9.45. The number of benzene rings is 1. The van der Waals surface area contributed by atoms with Crippen LogP contribution < -0.4 is 17.2 Å². The first-order valence-electron chi connectivity index (χ1n) is 5.10. The summed E-state index contributed by atoms with van der Waals surface area (Å²) in [5, 5.41) is 0. The molecule has 0 saturated heterocycles. The van der Waals surface area contributed by atoms with Crippen molar-refractivity contribution >= 4 is 23.6 Å². The van der Waals surface area contributed by atoms with Gasteiger partial charge in [-0.25, -0.2) is 4.99 Å². The standard InChI is InChI=1S/C11H12N6O/c12-9(7-4-2-1-3-5-7)15-8-6-18-11(16-8)17-10(13)14/h1-6H,(H2,12,15)(H4,13,14,16,17). The molecule has 0 aliphatic rings. The molecule has 18 heavy (non-hydrogen) atoms. The van der Waals surface area contributed by atoms with Crippen molar-refractivity contribution in [2.24, 2.45) is 27.2 Å². The SMILES string of the molecule is NC(N)=Nc1nc(N=C(N)c2ccccc2)co1. The summed E-state index contributed by atoms with van der Waals surface area (Å²) < 4.78 is 4.99. The zero-order valence-electron chi connectivity index (χ0n) is 9.45. The second kappa shape index (κ2) is 5.00. The molecule has 7 heteroatoms. The van der Waals surface area contributed by atoms with Crippen LogP contribution in [0.4, 0.5) is 11.8 Å². The lowest BCUT2D eigenvalue weighted by Crippen LogP contribution is -2.21. The fourth-order valence-corrected chi connectivity index (χ4v) is 1.27. The van der Waals surface area contributed by atoms with E-state index in [-0.39, 0.29) is 12.0 Å². The van der Waals surface area contributed by atoms with Gasteiger partial charge in [-0.05, 0) is 0 Å². The van der Waals surface area contributed by atoms with Crippen LogP contribution in [0.1, 0.15) is 5.56 Å². The number of hydrogen-bond acceptors (Lipinski definition) is 4. The van der Waals surface area contributed by atoms with Gasteiger partial charge in [0.05, 0.1) is 0 Å². The molecule has 0 aliphatic carbocycles. The van der Waals surface area contributed by atoms with Gasteiger partial charge in [0.1, 0.15) is 12.1 Å². The molecule has 0 saturated carbocycles. The number of hydrogen-bond donors (Lipinski definition) is 3. The fourth-order valence-electron chi connectivity index (χ4n) is 1.27. The van der Waals surface area contributed by atoms with Gasteiger partial charge >= 0.3 is 6.01 Å². The van der Waals surface area contributed by atoms with Crippen LogP contribution in [-0.2, 0) is 0 Å². The van der Waals surface area contributed by atoms with Crippen LogP contribution in [0.3, 0.4) is 0 Å². The van der Waals surface area contributed by atoms with E-state index in [0.29, 0.717) is 11.7 Å². The molecule has 0 amide bonds. The lowest BCUT2D eigenvalue weighted by atomic mass is 10.2. The maximum absolute atomic E-state index is 5.82. The highest BCUT2D eigenvalue weighted by molar-refractivity contribution is 5.98. The number of nitrogens with two attached hydrogens (primary N) is 3. The Bertz CT molecular complexity index is 583. The first-order valence-corrected chi connectivity index (χ1v) is 5.10. The quantitative estimate of drug-likeness (QED) is 0.538. The van der Waals surface area contributed by atoms with Crippen LogP contribution in [0.25, 0.3) is 0 Å². The molecule has 1 aromatic carbocycles. The second-order valence-electron chi connectivity index (χ2n) is 3.39. The van der Waals surface area contributed by atoms with E-state index in [0.717, 1.165) is 5.56 Å². The molecule has 2 aromatic rings. The van der Waals surface area contributed by atoms with Crippen LogP contribution in [0, 0.1) is 0 Å². The minimum Gasteiger partial charge on any atom is -0.428 e. The van der Waals surface area contributed by atoms with Gasteiger partial charge in [0.15, 0.2) is 11.8 Å². The van der Waals surface area contributed by atoms with Gasteiger partial charge in [-0.3, -0.25) is 0 Å². The van der Waals surface area contributed by atoms with E-state index in [1.54, 1.807) is 0 Å². The van der Waals surface area contributed by atoms with Crippen LogP contribution in [-0.4, -0.2) is 16.8 Å². The van der Waals surface area contributed by atoms with Gasteiger partial charge < -0.3 is 21.6 Å². The summed E-state index contributed by atoms with van der Waals surface area (Å²) in [5.74, 6) is 0.500. The van der Waals surface area contributed by atoms with Crippen LogP contribution in [0.15, 0.2) is 51.0 Å². The number of rotatable bonds is 3. The molecular formula is C11H12N6O. The molecule has 1 heterocycles. The molecule has 0 fully saturated rings. The Hall–Kier alpha value is -2.83. The highest BCUT2D eigenvalue weighted by atomic mass is 16.4. The van der Waals surface area contributed by atoms with Gasteiger partial charge in [0.2, 0.25) is 0 Å². The minimum atomic E-state index is -0.136. The maximum atomic E-state index is 5.82. The average Bonchev–Trinajstić information content (AvgIpc) is 2.76. The smallest absolute Gasteiger partial charge is 0.326 e. The molecule has 0 unspecified atom stereocenters. The molecule has 7 nitrogen and oxygen atoms in total. The van der Waals surface area contributed by atoms with Crippen molar-refractivity contribution in [3.8, 4) is 0 Å². The van der Waals surface area contributed by atoms with Crippen molar-refractivity contribution in [2.75, 3.05) is 0 Å². The van der Waals surface area contributed by atoms with Crippen LogP contribution >= 0.6 is 0 Å². The number of aliphatic imine (C=N–C) groups is 2. The van der Waals surface area contributed by atoms with Gasteiger partial charge in [0.25, 0.3) is 0 Å². The third kappa shape index (κ3) is 2.85. The summed E-state index contributed by atoms with van der Waals surface area (Å²) in [6.07, 6.45) is 1.32. The first kappa shape index (κ1) is 11.6. The van der Waals surface area contributed by atoms with Crippen molar-refractivity contribution in [3.05, 3.63) is 42.2 Å². The van der Waals surface area contributed by atoms with Crippen molar-refractivity contribution in [3.63, 3.8) is 0 Å². The number of guanidine groups is 1. The molecule has 0 spiro atoms. The van der Waals surface area contributed by atoms with Crippen LogP contribution in [0.2, 0.25) is 0 Å². The van der Waals surface area contributed by atoms with E-state index < -0.39 is 0 Å². The van der Waals surface area contributed by atoms with E-state index >= 15 is 0 Å². The Balaban J connectivity index is 2.23. The van der Waals surface area contributed by atoms with Gasteiger partial charge in [-0.15, -0.1) is 0 Å². The summed E-state index contributed by atoms with van der Waals surface area (Å²) in [5.41, 5.74) is 17.0. The summed E-state index contributed by atoms with van der Waals surface area (Å²) in [7, 11) is 0. The number of aromatic nitrogens is 1. The third-order valence-corrected chi connectivity index (χ3v) is 2.01. The van der Waals surface area contributed by atoms with E-state index in [9.17, 15) is 0 Å². The van der Waals surface area contributed by atoms with Crippen molar-refractivity contribution in [1.29, 1.82) is 0 Å². The third-order valence-electron chi connectivity index (χ3n) is 2.01. The Morgan fingerprint density at radius 1 is 1.06 bits per heavy atom. The molecular weight excluding hydrogens is 232 g/mol. The highest BCUT2D eigenvalue weighted by Gasteiger charge is 2.03. The monoisotopic (exact) mass is 244 g/mol. The topological polar surface area (TPSA) is 129 Å². The molecule has 6 N–H and O–H groups in total. The Kier molecular flexibility index (Phi) is 3.24. The Morgan fingerprint density at radius 2 is 1.78 bits per heavy atom. The second-order valence-corrected chi connectivity index (χ2v) is 3.39. The van der Waals surface area contributed by atoms with Gasteiger partial charge in [-0.1, -0.05) is 30.3 Å². The lowest BCUT2D eigenvalue weighted by molar-refractivity contribution is 0.569.